The van der Waals surface area contributed by atoms with E-state index in [0.717, 1.165) is 55.0 Å². The average Bonchev–Trinajstić information content (AvgIpc) is 3.24. The SMILES string of the molecule is CC(C)CCCCn1c(Sc2cc3c(cc2I)OCO3)nc2c(N)nccc21. The number of imidazole rings is 1. The number of ether oxygens (including phenoxy) is 2. The van der Waals surface area contributed by atoms with Gasteiger partial charge in [0.05, 0.1) is 5.52 Å². The number of pyridine rings is 1. The predicted molar refractivity (Wildman–Crippen MR) is 120 cm³/mol. The van der Waals surface area contributed by atoms with Crippen LogP contribution in [0, 0.1) is 9.49 Å². The molecule has 0 atom stereocenters. The van der Waals surface area contributed by atoms with Crippen molar-refractivity contribution in [2.75, 3.05) is 12.5 Å². The molecule has 8 heteroatoms. The molecule has 0 saturated heterocycles. The minimum atomic E-state index is 0.274. The molecule has 28 heavy (non-hydrogen) atoms. The van der Waals surface area contributed by atoms with E-state index in [9.17, 15) is 0 Å². The van der Waals surface area contributed by atoms with E-state index in [1.54, 1.807) is 18.0 Å². The molecule has 0 aliphatic carbocycles. The lowest BCUT2D eigenvalue weighted by Crippen LogP contribution is -2.01. The molecule has 0 bridgehead atoms. The van der Waals surface area contributed by atoms with Crippen LogP contribution in [0.1, 0.15) is 33.1 Å². The van der Waals surface area contributed by atoms with Gasteiger partial charge in [-0.3, -0.25) is 0 Å². The molecule has 6 nitrogen and oxygen atoms in total. The quantitative estimate of drug-likeness (QED) is 0.343. The first-order valence-electron chi connectivity index (χ1n) is 9.40. The van der Waals surface area contributed by atoms with Crippen LogP contribution in [0.4, 0.5) is 5.82 Å². The highest BCUT2D eigenvalue weighted by Gasteiger charge is 2.20. The second-order valence-corrected chi connectivity index (χ2v) is 9.41. The number of fused-ring (bicyclic) bond motifs is 2. The van der Waals surface area contributed by atoms with Crippen LogP contribution in [0.15, 0.2) is 34.4 Å². The predicted octanol–water partition coefficient (Wildman–Crippen LogP) is 5.32. The van der Waals surface area contributed by atoms with Gasteiger partial charge in [-0.25, -0.2) is 9.97 Å². The summed E-state index contributed by atoms with van der Waals surface area (Å²) in [7, 11) is 0. The van der Waals surface area contributed by atoms with E-state index in [2.05, 4.69) is 46.0 Å². The molecular formula is C20H23IN4O2S. The van der Waals surface area contributed by atoms with Crippen LogP contribution in [-0.4, -0.2) is 21.3 Å². The Balaban J connectivity index is 1.66. The molecule has 4 rings (SSSR count). The van der Waals surface area contributed by atoms with Crippen LogP contribution in [-0.2, 0) is 6.54 Å². The third-order valence-electron chi connectivity index (χ3n) is 4.70. The molecule has 0 unspecified atom stereocenters. The van der Waals surface area contributed by atoms with Gasteiger partial charge < -0.3 is 19.8 Å². The zero-order valence-electron chi connectivity index (χ0n) is 15.9. The van der Waals surface area contributed by atoms with Crippen LogP contribution in [0.5, 0.6) is 11.5 Å². The van der Waals surface area contributed by atoms with Crippen molar-refractivity contribution >= 4 is 51.2 Å². The zero-order valence-corrected chi connectivity index (χ0v) is 18.9. The molecule has 0 saturated carbocycles. The van der Waals surface area contributed by atoms with Gasteiger partial charge in [0.25, 0.3) is 0 Å². The largest absolute Gasteiger partial charge is 0.454 e. The van der Waals surface area contributed by atoms with Crippen LogP contribution >= 0.6 is 34.4 Å². The van der Waals surface area contributed by atoms with Crippen LogP contribution in [0.2, 0.25) is 0 Å². The maximum Gasteiger partial charge on any atom is 0.231 e. The molecule has 2 aromatic heterocycles. The Morgan fingerprint density at radius 1 is 1.25 bits per heavy atom. The van der Waals surface area contributed by atoms with Crippen LogP contribution in [0.3, 0.4) is 0 Å². The fourth-order valence-electron chi connectivity index (χ4n) is 3.24. The van der Waals surface area contributed by atoms with Crippen molar-refractivity contribution < 1.29 is 9.47 Å². The molecule has 0 fully saturated rings. The number of aryl methyl sites for hydroxylation is 1. The van der Waals surface area contributed by atoms with Gasteiger partial charge >= 0.3 is 0 Å². The minimum absolute atomic E-state index is 0.274. The average molecular weight is 510 g/mol. The molecule has 2 N–H and O–H groups in total. The lowest BCUT2D eigenvalue weighted by atomic mass is 10.1. The first kappa shape index (κ1) is 19.6. The highest BCUT2D eigenvalue weighted by Crippen LogP contribution is 2.41. The van der Waals surface area contributed by atoms with Gasteiger partial charge in [0.1, 0.15) is 5.52 Å². The minimum Gasteiger partial charge on any atom is -0.454 e. The molecule has 0 spiro atoms. The molecule has 1 aliphatic rings. The number of rotatable bonds is 7. The summed E-state index contributed by atoms with van der Waals surface area (Å²) in [5, 5.41) is 0.927. The van der Waals surface area contributed by atoms with E-state index in [1.807, 2.05) is 18.2 Å². The summed E-state index contributed by atoms with van der Waals surface area (Å²) in [4.78, 5) is 10.1. The van der Waals surface area contributed by atoms with Gasteiger partial charge in [-0.15, -0.1) is 0 Å². The third-order valence-corrected chi connectivity index (χ3v) is 7.01. The fraction of sp³-hybridized carbons (Fsp3) is 0.400. The molecular weight excluding hydrogens is 487 g/mol. The van der Waals surface area contributed by atoms with Crippen molar-refractivity contribution in [3.8, 4) is 11.5 Å². The van der Waals surface area contributed by atoms with Crippen molar-refractivity contribution in [2.45, 2.75) is 49.7 Å². The van der Waals surface area contributed by atoms with E-state index in [0.29, 0.717) is 5.82 Å². The summed E-state index contributed by atoms with van der Waals surface area (Å²) in [5.74, 6) is 2.78. The van der Waals surface area contributed by atoms with Crippen LogP contribution < -0.4 is 15.2 Å². The normalized spacial score (nSPS) is 13.0. The lowest BCUT2D eigenvalue weighted by Gasteiger charge is -2.11. The van der Waals surface area contributed by atoms with Gasteiger partial charge in [0.2, 0.25) is 6.79 Å². The van der Waals surface area contributed by atoms with E-state index in [4.69, 9.17) is 20.2 Å². The van der Waals surface area contributed by atoms with E-state index >= 15 is 0 Å². The first-order valence-corrected chi connectivity index (χ1v) is 11.3. The molecule has 3 heterocycles. The molecule has 148 valence electrons. The van der Waals surface area contributed by atoms with Gasteiger partial charge in [-0.1, -0.05) is 38.5 Å². The number of nitrogen functional groups attached to an aromatic ring is 1. The van der Waals surface area contributed by atoms with Crippen molar-refractivity contribution in [1.82, 2.24) is 14.5 Å². The summed E-state index contributed by atoms with van der Waals surface area (Å²) in [6, 6.07) is 6.03. The second kappa shape index (κ2) is 8.36. The number of hydrogen-bond donors (Lipinski definition) is 1. The molecule has 0 radical (unpaired) electrons. The molecule has 1 aromatic carbocycles. The summed E-state index contributed by atoms with van der Waals surface area (Å²) in [5.41, 5.74) is 7.90. The van der Waals surface area contributed by atoms with Crippen LogP contribution in [0.25, 0.3) is 11.0 Å². The summed E-state index contributed by atoms with van der Waals surface area (Å²) in [6.45, 7) is 5.72. The number of hydrogen-bond acceptors (Lipinski definition) is 6. The van der Waals surface area contributed by atoms with Crippen molar-refractivity contribution in [2.24, 2.45) is 5.92 Å². The van der Waals surface area contributed by atoms with Gasteiger partial charge in [-0.05, 0) is 53.1 Å². The van der Waals surface area contributed by atoms with Gasteiger partial charge in [0, 0.05) is 21.2 Å². The number of nitrogens with two attached hydrogens (primary N) is 1. The molecule has 0 amide bonds. The lowest BCUT2D eigenvalue weighted by molar-refractivity contribution is 0.174. The maximum atomic E-state index is 6.10. The number of nitrogens with zero attached hydrogens (tertiary/aromatic N) is 3. The van der Waals surface area contributed by atoms with Gasteiger partial charge in [0.15, 0.2) is 22.5 Å². The summed E-state index contributed by atoms with van der Waals surface area (Å²) in [6.07, 6.45) is 5.29. The Bertz CT molecular complexity index is 1010. The Labute approximate surface area is 182 Å². The number of aromatic nitrogens is 3. The monoisotopic (exact) mass is 510 g/mol. The highest BCUT2D eigenvalue weighted by molar-refractivity contribution is 14.1. The number of anilines is 1. The molecule has 3 aromatic rings. The van der Waals surface area contributed by atoms with Gasteiger partial charge in [-0.2, -0.15) is 0 Å². The Morgan fingerprint density at radius 2 is 2.04 bits per heavy atom. The van der Waals surface area contributed by atoms with Crippen molar-refractivity contribution in [3.63, 3.8) is 0 Å². The number of unbranched alkanes of at least 4 members (excludes halogenated alkanes) is 1. The Morgan fingerprint density at radius 3 is 2.82 bits per heavy atom. The second-order valence-electron chi connectivity index (χ2n) is 7.24. The topological polar surface area (TPSA) is 75.2 Å². The summed E-state index contributed by atoms with van der Waals surface area (Å²) < 4.78 is 14.4. The molecule has 1 aliphatic heterocycles. The summed E-state index contributed by atoms with van der Waals surface area (Å²) >= 11 is 3.96. The van der Waals surface area contributed by atoms with E-state index in [-0.39, 0.29) is 6.79 Å². The van der Waals surface area contributed by atoms with Crippen molar-refractivity contribution in [3.05, 3.63) is 28.0 Å². The first-order chi connectivity index (χ1) is 13.5. The maximum absolute atomic E-state index is 6.10. The Kier molecular flexibility index (Phi) is 5.86. The Hall–Kier alpha value is -1.68. The standard InChI is InChI=1S/C20H23IN4O2S/c1-12(2)5-3-4-8-25-14-6-7-23-19(22)18(14)24-20(25)28-17-10-16-15(9-13(17)21)26-11-27-16/h6-7,9-10,12H,3-5,8,11H2,1-2H3,(H2,22,23). The van der Waals surface area contributed by atoms with Crippen molar-refractivity contribution in [1.29, 1.82) is 0 Å². The van der Waals surface area contributed by atoms with E-state index in [1.165, 1.54) is 12.8 Å². The van der Waals surface area contributed by atoms with E-state index < -0.39 is 0 Å². The highest BCUT2D eigenvalue weighted by atomic mass is 127. The smallest absolute Gasteiger partial charge is 0.231 e. The number of benzene rings is 1. The fourth-order valence-corrected chi connectivity index (χ4v) is 4.97. The number of halogens is 1. The third kappa shape index (κ3) is 4.03. The zero-order chi connectivity index (χ0) is 19.7.